The number of carbonyl (C=O) groups is 3. The fraction of sp³-hybridized carbons (Fsp3) is 0.667. The van der Waals surface area contributed by atoms with Crippen LogP contribution in [0.15, 0.2) is 34.5 Å². The zero-order valence-corrected chi connectivity index (χ0v) is 32.0. The van der Waals surface area contributed by atoms with Crippen molar-refractivity contribution in [1.29, 1.82) is 0 Å². The number of alkyl halides is 3. The van der Waals surface area contributed by atoms with Gasteiger partial charge in [-0.3, -0.25) is 14.4 Å². The quantitative estimate of drug-likeness (QED) is 0.272. The number of fused-ring (bicyclic) bond motifs is 4. The molecule has 7 aliphatic rings. The van der Waals surface area contributed by atoms with E-state index in [1.54, 1.807) is 34.3 Å². The molecule has 12 nitrogen and oxygen atoms in total. The van der Waals surface area contributed by atoms with Crippen molar-refractivity contribution >= 4 is 45.8 Å². The lowest BCUT2D eigenvalue weighted by molar-refractivity contribution is -0.205. The first kappa shape index (κ1) is 37.7. The molecule has 1 spiro atoms. The van der Waals surface area contributed by atoms with E-state index in [-0.39, 0.29) is 67.9 Å². The third kappa shape index (κ3) is 6.54. The molecule has 1 N–H and O–H groups in total. The maximum Gasteiger partial charge on any atom is 0.403 e. The van der Waals surface area contributed by atoms with Crippen molar-refractivity contribution in [3.05, 3.63) is 40.9 Å². The summed E-state index contributed by atoms with van der Waals surface area (Å²) >= 11 is 1.60. The van der Waals surface area contributed by atoms with E-state index in [2.05, 4.69) is 15.3 Å². The number of anilines is 1. The summed E-state index contributed by atoms with van der Waals surface area (Å²) in [5.41, 5.74) is -2.58. The number of hydrogen-bond donors (Lipinski definition) is 1. The molecule has 302 valence electrons. The lowest BCUT2D eigenvalue weighted by atomic mass is 9.70. The molecular weight excluding hydrogens is 757 g/mol. The molecule has 2 saturated carbocycles. The van der Waals surface area contributed by atoms with Crippen LogP contribution in [0.2, 0.25) is 0 Å². The number of carbonyl (C=O) groups excluding carboxylic acids is 3. The molecule has 2 aromatic heterocycles. The number of halogens is 4. The van der Waals surface area contributed by atoms with Gasteiger partial charge in [0.1, 0.15) is 22.8 Å². The number of piperidine rings is 1. The van der Waals surface area contributed by atoms with Gasteiger partial charge in [0.05, 0.1) is 42.0 Å². The highest BCUT2D eigenvalue weighted by atomic mass is 32.1. The van der Waals surface area contributed by atoms with Gasteiger partial charge in [-0.1, -0.05) is 0 Å². The third-order valence-electron chi connectivity index (χ3n) is 13.6. The summed E-state index contributed by atoms with van der Waals surface area (Å²) < 4.78 is 75.1. The van der Waals surface area contributed by atoms with Gasteiger partial charge in [0.25, 0.3) is 0 Å². The number of aromatic nitrogens is 2. The van der Waals surface area contributed by atoms with Crippen LogP contribution < -0.4 is 10.2 Å². The number of nitrogens with one attached hydrogen (secondary N) is 1. The van der Waals surface area contributed by atoms with Crippen LogP contribution in [0.1, 0.15) is 69.2 Å². The molecule has 56 heavy (non-hydrogen) atoms. The van der Waals surface area contributed by atoms with Crippen LogP contribution in [0.3, 0.4) is 0 Å². The molecule has 7 heterocycles. The van der Waals surface area contributed by atoms with Gasteiger partial charge < -0.3 is 33.9 Å². The maximum absolute atomic E-state index is 14.9. The molecule has 7 fully saturated rings. The Morgan fingerprint density at radius 1 is 1.04 bits per heavy atom. The van der Waals surface area contributed by atoms with Gasteiger partial charge in [0, 0.05) is 79.7 Å². The Morgan fingerprint density at radius 3 is 2.43 bits per heavy atom. The van der Waals surface area contributed by atoms with Gasteiger partial charge in [-0.05, 0) is 58.3 Å². The molecule has 0 unspecified atom stereocenters. The Labute approximate surface area is 325 Å². The molecule has 3 amide bonds. The van der Waals surface area contributed by atoms with E-state index in [9.17, 15) is 31.9 Å². The number of rotatable bonds is 10. The summed E-state index contributed by atoms with van der Waals surface area (Å²) in [6.07, 6.45) is 2.63. The number of ether oxygens (including phenoxy) is 2. The molecule has 3 atom stereocenters. The van der Waals surface area contributed by atoms with Crippen LogP contribution in [-0.2, 0) is 23.9 Å². The zero-order chi connectivity index (χ0) is 39.0. The topological polar surface area (TPSA) is 130 Å². The van der Waals surface area contributed by atoms with Crippen LogP contribution in [0.4, 0.5) is 23.2 Å². The molecule has 3 aromatic rings. The van der Waals surface area contributed by atoms with Crippen LogP contribution in [0, 0.1) is 28.0 Å². The van der Waals surface area contributed by atoms with E-state index in [1.807, 2.05) is 5.38 Å². The number of benzene rings is 1. The second-order valence-corrected chi connectivity index (χ2v) is 18.1. The maximum atomic E-state index is 14.9. The van der Waals surface area contributed by atoms with Gasteiger partial charge in [-0.2, -0.15) is 13.2 Å². The second kappa shape index (κ2) is 13.9. The van der Waals surface area contributed by atoms with Crippen LogP contribution in [-0.4, -0.2) is 114 Å². The number of nitrogens with zero attached hydrogens (tertiary/aromatic N) is 5. The van der Waals surface area contributed by atoms with Crippen molar-refractivity contribution in [3.63, 3.8) is 0 Å². The summed E-state index contributed by atoms with van der Waals surface area (Å²) in [5.74, 6) is -2.93. The van der Waals surface area contributed by atoms with Gasteiger partial charge in [0.15, 0.2) is 12.0 Å². The lowest BCUT2D eigenvalue weighted by Gasteiger charge is -2.51. The predicted octanol–water partition coefficient (Wildman–Crippen LogP) is 5.29. The Kier molecular flexibility index (Phi) is 9.38. The molecule has 5 aliphatic heterocycles. The van der Waals surface area contributed by atoms with E-state index < -0.39 is 52.7 Å². The van der Waals surface area contributed by atoms with Gasteiger partial charge in [0.2, 0.25) is 17.7 Å². The minimum atomic E-state index is -4.67. The van der Waals surface area contributed by atoms with E-state index in [1.165, 1.54) is 23.4 Å². The molecular formula is C39H46F4N6O6S. The van der Waals surface area contributed by atoms with Gasteiger partial charge in [-0.15, -0.1) is 11.3 Å². The minimum Gasteiger partial charge on any atom is -0.441 e. The smallest absolute Gasteiger partial charge is 0.403 e. The van der Waals surface area contributed by atoms with Gasteiger partial charge in [-0.25, -0.2) is 14.4 Å². The number of likely N-dealkylation sites (tertiary alicyclic amines) is 2. The van der Waals surface area contributed by atoms with Gasteiger partial charge >= 0.3 is 6.18 Å². The molecule has 17 heteroatoms. The van der Waals surface area contributed by atoms with Crippen molar-refractivity contribution in [1.82, 2.24) is 25.1 Å². The molecule has 0 radical (unpaired) electrons. The van der Waals surface area contributed by atoms with Crippen molar-refractivity contribution in [2.45, 2.75) is 88.6 Å². The van der Waals surface area contributed by atoms with E-state index >= 15 is 0 Å². The molecule has 2 bridgehead atoms. The summed E-state index contributed by atoms with van der Waals surface area (Å²) in [5, 5.41) is 6.04. The minimum absolute atomic E-state index is 0.0501. The van der Waals surface area contributed by atoms with Crippen molar-refractivity contribution in [2.75, 3.05) is 57.4 Å². The standard InChI is InChI=1S/C39H46F4N6O6S/c1-23(53-20-36-6-2-26(3-7-36)54-21-36)30(34(51)47-11-4-24(5-12-47)33-44-10-13-56-33)46-32(50)27-16-48(29-15-25(40)14-28-31(29)55-22-45-28)17-37(27)18-49(19-37)35(52)38(8-9-38)39(41,42)43/h10,13-15,22-24,26-27,30H,2-9,11-12,16-21H2,1H3,(H,46,50)/t23-,26?,27+,30+,36?/m1/s1. The van der Waals surface area contributed by atoms with Crippen LogP contribution >= 0.6 is 11.3 Å². The first-order valence-electron chi connectivity index (χ1n) is 19.6. The summed E-state index contributed by atoms with van der Waals surface area (Å²) in [4.78, 5) is 55.8. The Hall–Kier alpha value is -3.83. The van der Waals surface area contributed by atoms with Crippen molar-refractivity contribution < 1.29 is 45.8 Å². The Bertz CT molecular complexity index is 1950. The lowest BCUT2D eigenvalue weighted by Crippen LogP contribution is -2.67. The van der Waals surface area contributed by atoms with Crippen LogP contribution in [0.25, 0.3) is 11.1 Å². The summed E-state index contributed by atoms with van der Waals surface area (Å²) in [7, 11) is 0. The fourth-order valence-corrected chi connectivity index (χ4v) is 10.7. The van der Waals surface area contributed by atoms with E-state index in [4.69, 9.17) is 13.9 Å². The Balaban J connectivity index is 0.974. The largest absolute Gasteiger partial charge is 0.441 e. The average molecular weight is 803 g/mol. The first-order valence-corrected chi connectivity index (χ1v) is 20.5. The number of oxazole rings is 1. The number of thiazole rings is 1. The van der Waals surface area contributed by atoms with Crippen molar-refractivity contribution in [2.24, 2.45) is 22.2 Å². The molecule has 5 saturated heterocycles. The highest BCUT2D eigenvalue weighted by Crippen LogP contribution is 2.60. The molecule has 1 aromatic carbocycles. The molecule has 10 rings (SSSR count). The normalized spacial score (nSPS) is 28.1. The zero-order valence-electron chi connectivity index (χ0n) is 31.2. The third-order valence-corrected chi connectivity index (χ3v) is 14.5. The summed E-state index contributed by atoms with van der Waals surface area (Å²) in [6, 6.07) is 1.46. The first-order chi connectivity index (χ1) is 26.8. The van der Waals surface area contributed by atoms with E-state index in [0.29, 0.717) is 37.6 Å². The highest BCUT2D eigenvalue weighted by molar-refractivity contribution is 7.09. The number of hydrogen-bond acceptors (Lipinski definition) is 10. The second-order valence-electron chi connectivity index (χ2n) is 17.1. The monoisotopic (exact) mass is 802 g/mol. The van der Waals surface area contributed by atoms with E-state index in [0.717, 1.165) is 43.5 Å². The number of amides is 3. The summed E-state index contributed by atoms with van der Waals surface area (Å²) in [6.45, 7) is 3.72. The fourth-order valence-electron chi connectivity index (χ4n) is 9.90. The molecule has 2 aliphatic carbocycles. The predicted molar refractivity (Wildman–Crippen MR) is 195 cm³/mol. The average Bonchev–Trinajstić information content (AvgIpc) is 3.48. The highest BCUT2D eigenvalue weighted by Gasteiger charge is 2.71. The Morgan fingerprint density at radius 2 is 1.79 bits per heavy atom. The SMILES string of the molecule is C[C@@H](OCC12CCC(CC1)OC2)[C@H](NC(=O)[C@@H]1CN(c2cc(F)cc3ncoc23)CC12CN(C(=O)C1(C(F)(F)F)CC1)C2)C(=O)N1CCC(c2nccs2)CC1. The van der Waals surface area contributed by atoms with Crippen LogP contribution in [0.5, 0.6) is 0 Å². The van der Waals surface area contributed by atoms with Crippen molar-refractivity contribution in [3.8, 4) is 0 Å².